The van der Waals surface area contributed by atoms with Crippen LogP contribution in [0, 0.1) is 5.92 Å². The van der Waals surface area contributed by atoms with Crippen molar-refractivity contribution in [3.05, 3.63) is 34.9 Å². The van der Waals surface area contributed by atoms with E-state index in [2.05, 4.69) is 10.3 Å². The molecule has 0 aliphatic carbocycles. The van der Waals surface area contributed by atoms with Gasteiger partial charge < -0.3 is 10.2 Å². The van der Waals surface area contributed by atoms with Gasteiger partial charge in [0.25, 0.3) is 0 Å². The Hall–Kier alpha value is -1.47. The summed E-state index contributed by atoms with van der Waals surface area (Å²) in [5.41, 5.74) is 1.000. The van der Waals surface area contributed by atoms with Crippen molar-refractivity contribution in [2.45, 2.75) is 26.1 Å². The van der Waals surface area contributed by atoms with Crippen LogP contribution in [0.15, 0.2) is 29.3 Å². The minimum absolute atomic E-state index is 0.153. The van der Waals surface area contributed by atoms with E-state index in [4.69, 9.17) is 11.6 Å². The second kappa shape index (κ2) is 9.46. The summed E-state index contributed by atoms with van der Waals surface area (Å²) in [6.45, 7) is 3.91. The van der Waals surface area contributed by atoms with Gasteiger partial charge in [-0.2, -0.15) is 13.2 Å². The number of hydrogen-bond acceptors (Lipinski definition) is 2. The second-order valence-electron chi connectivity index (χ2n) is 6.65. The van der Waals surface area contributed by atoms with Crippen LogP contribution in [0.25, 0.3) is 0 Å². The van der Waals surface area contributed by atoms with Crippen LogP contribution in [-0.2, 0) is 6.54 Å². The average Bonchev–Trinajstić information content (AvgIpc) is 2.99. The lowest BCUT2D eigenvalue weighted by molar-refractivity contribution is -0.143. The Labute approximate surface area is 158 Å². The van der Waals surface area contributed by atoms with Crippen molar-refractivity contribution in [2.75, 3.05) is 39.8 Å². The number of rotatable bonds is 6. The first kappa shape index (κ1) is 20.8. The molecule has 1 saturated heterocycles. The van der Waals surface area contributed by atoms with E-state index in [1.165, 1.54) is 4.90 Å². The number of hydrogen-bond donors (Lipinski definition) is 1. The van der Waals surface area contributed by atoms with Crippen molar-refractivity contribution in [3.63, 3.8) is 0 Å². The lowest BCUT2D eigenvalue weighted by atomic mass is 10.1. The number of aliphatic imine (C=N–C) groups is 1. The largest absolute Gasteiger partial charge is 0.401 e. The highest BCUT2D eigenvalue weighted by Gasteiger charge is 2.34. The van der Waals surface area contributed by atoms with E-state index < -0.39 is 12.7 Å². The molecule has 0 spiro atoms. The maximum absolute atomic E-state index is 12.5. The molecule has 0 radical (unpaired) electrons. The molecule has 0 saturated carbocycles. The Morgan fingerprint density at radius 3 is 2.77 bits per heavy atom. The third-order valence-corrected chi connectivity index (χ3v) is 4.70. The average molecular weight is 391 g/mol. The van der Waals surface area contributed by atoms with Crippen molar-refractivity contribution in [1.29, 1.82) is 0 Å². The number of alkyl halides is 3. The monoisotopic (exact) mass is 390 g/mol. The predicted octanol–water partition coefficient (Wildman–Crippen LogP) is 3.62. The molecule has 0 bridgehead atoms. The molecule has 1 N–H and O–H groups in total. The van der Waals surface area contributed by atoms with Gasteiger partial charge in [0, 0.05) is 38.2 Å². The quantitative estimate of drug-likeness (QED) is 0.594. The predicted molar refractivity (Wildman–Crippen MR) is 99.5 cm³/mol. The number of guanidine groups is 1. The highest BCUT2D eigenvalue weighted by molar-refractivity contribution is 6.31. The zero-order valence-electron chi connectivity index (χ0n) is 15.2. The molecule has 26 heavy (non-hydrogen) atoms. The van der Waals surface area contributed by atoms with E-state index in [1.807, 2.05) is 43.1 Å². The fraction of sp³-hybridized carbons (Fsp3) is 0.611. The van der Waals surface area contributed by atoms with Crippen molar-refractivity contribution in [2.24, 2.45) is 10.9 Å². The van der Waals surface area contributed by atoms with E-state index in [0.29, 0.717) is 31.2 Å². The molecular formula is C18H26ClF3N4. The van der Waals surface area contributed by atoms with Gasteiger partial charge in [-0.15, -0.1) is 0 Å². The van der Waals surface area contributed by atoms with E-state index >= 15 is 0 Å². The first-order chi connectivity index (χ1) is 12.3. The molecule has 4 nitrogen and oxygen atoms in total. The van der Waals surface area contributed by atoms with Crippen molar-refractivity contribution < 1.29 is 13.2 Å². The number of likely N-dealkylation sites (tertiary alicyclic amines) is 1. The molecule has 1 aliphatic rings. The number of nitrogens with zero attached hydrogens (tertiary/aromatic N) is 3. The summed E-state index contributed by atoms with van der Waals surface area (Å²) >= 11 is 6.22. The van der Waals surface area contributed by atoms with Gasteiger partial charge in [-0.25, -0.2) is 0 Å². The van der Waals surface area contributed by atoms with Crippen LogP contribution in [0.5, 0.6) is 0 Å². The molecule has 1 fully saturated rings. The lowest BCUT2D eigenvalue weighted by Gasteiger charge is -2.23. The van der Waals surface area contributed by atoms with E-state index in [9.17, 15) is 13.2 Å². The maximum Gasteiger partial charge on any atom is 0.401 e. The summed E-state index contributed by atoms with van der Waals surface area (Å²) in [7, 11) is 1.93. The van der Waals surface area contributed by atoms with Gasteiger partial charge in [-0.3, -0.25) is 9.89 Å². The third kappa shape index (κ3) is 6.68. The molecule has 1 unspecified atom stereocenters. The Morgan fingerprint density at radius 2 is 2.12 bits per heavy atom. The highest BCUT2D eigenvalue weighted by Crippen LogP contribution is 2.23. The Bertz CT molecular complexity index is 606. The van der Waals surface area contributed by atoms with Crippen LogP contribution < -0.4 is 5.32 Å². The van der Waals surface area contributed by atoms with E-state index in [1.54, 1.807) is 0 Å². The normalized spacial score (nSPS) is 19.0. The van der Waals surface area contributed by atoms with Gasteiger partial charge in [0.15, 0.2) is 5.96 Å². The fourth-order valence-electron chi connectivity index (χ4n) is 3.10. The Morgan fingerprint density at radius 1 is 1.38 bits per heavy atom. The molecule has 0 aromatic heterocycles. The molecule has 1 heterocycles. The van der Waals surface area contributed by atoms with Crippen LogP contribution in [0.1, 0.15) is 18.9 Å². The van der Waals surface area contributed by atoms with Gasteiger partial charge >= 0.3 is 6.18 Å². The number of nitrogens with one attached hydrogen (secondary N) is 1. The van der Waals surface area contributed by atoms with Crippen molar-refractivity contribution in [3.8, 4) is 0 Å². The van der Waals surface area contributed by atoms with Crippen molar-refractivity contribution >= 4 is 17.6 Å². The van der Waals surface area contributed by atoms with Crippen molar-refractivity contribution in [1.82, 2.24) is 15.1 Å². The summed E-state index contributed by atoms with van der Waals surface area (Å²) in [5.74, 6) is 0.890. The molecule has 1 aliphatic heterocycles. The molecule has 1 atom stereocenters. The zero-order chi connectivity index (χ0) is 19.2. The number of benzene rings is 1. The zero-order valence-corrected chi connectivity index (χ0v) is 15.9. The van der Waals surface area contributed by atoms with Crippen LogP contribution in [0.2, 0.25) is 5.02 Å². The lowest BCUT2D eigenvalue weighted by Crippen LogP contribution is -2.39. The standard InChI is InChI=1S/C18H26ClF3N4/c1-3-23-17(25(2)12-15-6-4-5-7-16(15)19)24-10-14-8-9-26(11-14)13-18(20,21)22/h4-7,14H,3,8-13H2,1-2H3,(H,23,24). The third-order valence-electron chi connectivity index (χ3n) is 4.33. The summed E-state index contributed by atoms with van der Waals surface area (Å²) in [5, 5.41) is 3.94. The van der Waals surface area contributed by atoms with Crippen LogP contribution >= 0.6 is 11.6 Å². The molecule has 0 amide bonds. The van der Waals surface area contributed by atoms with Gasteiger partial charge in [0.2, 0.25) is 0 Å². The number of halogens is 4. The van der Waals surface area contributed by atoms with Gasteiger partial charge in [0.05, 0.1) is 6.54 Å². The summed E-state index contributed by atoms with van der Waals surface area (Å²) in [6.07, 6.45) is -3.39. The van der Waals surface area contributed by atoms with Crippen LogP contribution in [0.4, 0.5) is 13.2 Å². The fourth-order valence-corrected chi connectivity index (χ4v) is 3.30. The van der Waals surface area contributed by atoms with E-state index in [0.717, 1.165) is 24.5 Å². The summed E-state index contributed by atoms with van der Waals surface area (Å²) in [4.78, 5) is 8.07. The first-order valence-corrected chi connectivity index (χ1v) is 9.18. The second-order valence-corrected chi connectivity index (χ2v) is 7.05. The molecule has 2 rings (SSSR count). The van der Waals surface area contributed by atoms with Gasteiger partial charge in [-0.05, 0) is 37.4 Å². The smallest absolute Gasteiger partial charge is 0.357 e. The highest BCUT2D eigenvalue weighted by atomic mass is 35.5. The van der Waals surface area contributed by atoms with Gasteiger partial charge in [-0.1, -0.05) is 29.8 Å². The molecule has 1 aromatic rings. The molecule has 1 aromatic carbocycles. The topological polar surface area (TPSA) is 30.9 Å². The summed E-state index contributed by atoms with van der Waals surface area (Å²) < 4.78 is 37.5. The summed E-state index contributed by atoms with van der Waals surface area (Å²) in [6, 6.07) is 7.64. The van der Waals surface area contributed by atoms with Gasteiger partial charge in [0.1, 0.15) is 0 Å². The van der Waals surface area contributed by atoms with Crippen LogP contribution in [-0.4, -0.2) is 61.7 Å². The molecular weight excluding hydrogens is 365 g/mol. The Kier molecular flexibility index (Phi) is 7.58. The molecule has 146 valence electrons. The van der Waals surface area contributed by atoms with E-state index in [-0.39, 0.29) is 5.92 Å². The minimum atomic E-state index is -4.14. The SMILES string of the molecule is CCNC(=NCC1CCN(CC(F)(F)F)C1)N(C)Cc1ccccc1Cl. The van der Waals surface area contributed by atoms with Crippen LogP contribution in [0.3, 0.4) is 0 Å². The Balaban J connectivity index is 1.93. The first-order valence-electron chi connectivity index (χ1n) is 8.80. The molecule has 8 heteroatoms. The minimum Gasteiger partial charge on any atom is -0.357 e. The maximum atomic E-state index is 12.5.